The molecular formula is C13H18BrNO. The van der Waals surface area contributed by atoms with Crippen LogP contribution in [0.1, 0.15) is 31.1 Å². The quantitative estimate of drug-likeness (QED) is 0.788. The summed E-state index contributed by atoms with van der Waals surface area (Å²) < 4.78 is 0.848. The minimum Gasteiger partial charge on any atom is -0.374 e. The van der Waals surface area contributed by atoms with Crippen LogP contribution < -0.4 is 4.90 Å². The highest BCUT2D eigenvalue weighted by Gasteiger charge is 2.14. The molecule has 0 aliphatic carbocycles. The van der Waals surface area contributed by atoms with Crippen molar-refractivity contribution in [3.05, 3.63) is 28.2 Å². The first-order chi connectivity index (χ1) is 7.33. The summed E-state index contributed by atoms with van der Waals surface area (Å²) >= 11 is 3.40. The van der Waals surface area contributed by atoms with Crippen molar-refractivity contribution in [3.8, 4) is 0 Å². The minimum atomic E-state index is 0.255. The number of nitrogens with zero attached hydrogens (tertiary/aromatic N) is 1. The van der Waals surface area contributed by atoms with E-state index in [4.69, 9.17) is 0 Å². The van der Waals surface area contributed by atoms with Gasteiger partial charge in [0.1, 0.15) is 0 Å². The topological polar surface area (TPSA) is 20.3 Å². The van der Waals surface area contributed by atoms with Crippen molar-refractivity contribution < 1.29 is 4.79 Å². The summed E-state index contributed by atoms with van der Waals surface area (Å²) in [5.74, 6) is 0. The Morgan fingerprint density at radius 2 is 2.00 bits per heavy atom. The van der Waals surface area contributed by atoms with E-state index in [-0.39, 0.29) is 5.41 Å². The summed E-state index contributed by atoms with van der Waals surface area (Å²) in [6, 6.07) is 5.79. The highest BCUT2D eigenvalue weighted by Crippen LogP contribution is 2.25. The van der Waals surface area contributed by atoms with E-state index in [1.807, 2.05) is 18.2 Å². The zero-order chi connectivity index (χ0) is 12.3. The van der Waals surface area contributed by atoms with Gasteiger partial charge in [-0.2, -0.15) is 0 Å². The maximum absolute atomic E-state index is 10.7. The number of carbonyl (C=O) groups is 1. The zero-order valence-electron chi connectivity index (χ0n) is 10.2. The Hall–Kier alpha value is -0.830. The lowest BCUT2D eigenvalue weighted by atomic mass is 9.96. The van der Waals surface area contributed by atoms with Crippen LogP contribution in [-0.4, -0.2) is 19.9 Å². The molecule has 2 nitrogen and oxygen atoms in total. The van der Waals surface area contributed by atoms with Crippen LogP contribution in [0.3, 0.4) is 0 Å². The Morgan fingerprint density at radius 1 is 1.38 bits per heavy atom. The Morgan fingerprint density at radius 3 is 2.44 bits per heavy atom. The Balaban J connectivity index is 2.89. The van der Waals surface area contributed by atoms with E-state index in [1.54, 1.807) is 0 Å². The van der Waals surface area contributed by atoms with E-state index in [0.29, 0.717) is 5.56 Å². The summed E-state index contributed by atoms with van der Waals surface area (Å²) in [6.45, 7) is 7.59. The average Bonchev–Trinajstić information content (AvgIpc) is 2.15. The van der Waals surface area contributed by atoms with Crippen molar-refractivity contribution in [2.24, 2.45) is 5.41 Å². The largest absolute Gasteiger partial charge is 0.374 e. The van der Waals surface area contributed by atoms with Gasteiger partial charge < -0.3 is 4.90 Å². The second kappa shape index (κ2) is 5.00. The van der Waals surface area contributed by atoms with Crippen LogP contribution in [0.25, 0.3) is 0 Å². The van der Waals surface area contributed by atoms with E-state index < -0.39 is 0 Å². The fourth-order valence-electron chi connectivity index (χ4n) is 1.65. The van der Waals surface area contributed by atoms with Gasteiger partial charge in [0.2, 0.25) is 0 Å². The van der Waals surface area contributed by atoms with Gasteiger partial charge in [0.15, 0.2) is 6.29 Å². The molecule has 0 spiro atoms. The predicted molar refractivity (Wildman–Crippen MR) is 72.3 cm³/mol. The molecule has 0 saturated heterocycles. The molecule has 88 valence electrons. The lowest BCUT2D eigenvalue weighted by Gasteiger charge is -2.28. The molecule has 0 N–H and O–H groups in total. The van der Waals surface area contributed by atoms with Gasteiger partial charge in [0.25, 0.3) is 0 Å². The number of halogens is 1. The summed E-state index contributed by atoms with van der Waals surface area (Å²) in [7, 11) is 2.06. The molecule has 0 atom stereocenters. The monoisotopic (exact) mass is 283 g/mol. The van der Waals surface area contributed by atoms with Crippen LogP contribution in [0.4, 0.5) is 5.69 Å². The van der Waals surface area contributed by atoms with Crippen molar-refractivity contribution in [1.82, 2.24) is 0 Å². The molecule has 0 fully saturated rings. The molecule has 16 heavy (non-hydrogen) atoms. The lowest BCUT2D eigenvalue weighted by molar-refractivity contribution is 0.112. The highest BCUT2D eigenvalue weighted by atomic mass is 79.9. The van der Waals surface area contributed by atoms with Crippen molar-refractivity contribution in [1.29, 1.82) is 0 Å². The molecule has 0 heterocycles. The molecule has 1 rings (SSSR count). The molecular weight excluding hydrogens is 266 g/mol. The van der Waals surface area contributed by atoms with E-state index in [0.717, 1.165) is 23.0 Å². The summed E-state index contributed by atoms with van der Waals surface area (Å²) in [4.78, 5) is 12.9. The van der Waals surface area contributed by atoms with Crippen molar-refractivity contribution in [3.63, 3.8) is 0 Å². The van der Waals surface area contributed by atoms with E-state index in [9.17, 15) is 4.79 Å². The molecule has 0 aliphatic heterocycles. The first kappa shape index (κ1) is 13.2. The fraction of sp³-hybridized carbons (Fsp3) is 0.462. The molecule has 0 bridgehead atoms. The van der Waals surface area contributed by atoms with E-state index in [1.165, 1.54) is 0 Å². The summed E-state index contributed by atoms with van der Waals surface area (Å²) in [5.41, 5.74) is 2.06. The Labute approximate surface area is 106 Å². The van der Waals surface area contributed by atoms with Crippen molar-refractivity contribution in [2.45, 2.75) is 20.8 Å². The second-order valence-corrected chi connectivity index (χ2v) is 6.09. The van der Waals surface area contributed by atoms with E-state index in [2.05, 4.69) is 48.6 Å². The maximum Gasteiger partial charge on any atom is 0.151 e. The van der Waals surface area contributed by atoms with Gasteiger partial charge in [0.05, 0.1) is 0 Å². The molecule has 0 saturated carbocycles. The molecule has 0 aromatic heterocycles. The van der Waals surface area contributed by atoms with Crippen molar-refractivity contribution >= 4 is 27.9 Å². The van der Waals surface area contributed by atoms with Gasteiger partial charge >= 0.3 is 0 Å². The molecule has 1 aromatic rings. The third kappa shape index (κ3) is 3.63. The highest BCUT2D eigenvalue weighted by molar-refractivity contribution is 9.10. The Bertz CT molecular complexity index is 382. The second-order valence-electron chi connectivity index (χ2n) is 5.24. The number of anilines is 1. The molecule has 0 unspecified atom stereocenters. The number of rotatable bonds is 3. The predicted octanol–water partition coefficient (Wildman–Crippen LogP) is 3.74. The van der Waals surface area contributed by atoms with Gasteiger partial charge in [-0.05, 0) is 39.5 Å². The summed E-state index contributed by atoms with van der Waals surface area (Å²) in [5, 5.41) is 0. The van der Waals surface area contributed by atoms with Crippen LogP contribution >= 0.6 is 15.9 Å². The molecule has 0 aliphatic rings. The van der Waals surface area contributed by atoms with Crippen molar-refractivity contribution in [2.75, 3.05) is 18.5 Å². The molecule has 0 amide bonds. The Kier molecular flexibility index (Phi) is 4.14. The van der Waals surface area contributed by atoms with Crippen LogP contribution in [-0.2, 0) is 0 Å². The van der Waals surface area contributed by atoms with Crippen LogP contribution in [0.15, 0.2) is 22.7 Å². The van der Waals surface area contributed by atoms with E-state index >= 15 is 0 Å². The minimum absolute atomic E-state index is 0.255. The summed E-state index contributed by atoms with van der Waals surface area (Å²) in [6.07, 6.45) is 0.859. The first-order valence-corrected chi connectivity index (χ1v) is 6.08. The standard InChI is InChI=1S/C13H18BrNO/c1-13(2,3)9-15(4)11-6-5-10(8-16)12(14)7-11/h5-8H,9H2,1-4H3. The average molecular weight is 284 g/mol. The smallest absolute Gasteiger partial charge is 0.151 e. The fourth-order valence-corrected chi connectivity index (χ4v) is 2.11. The van der Waals surface area contributed by atoms with Crippen LogP contribution in [0, 0.1) is 5.41 Å². The normalized spacial score (nSPS) is 11.3. The van der Waals surface area contributed by atoms with Gasteiger partial charge in [-0.1, -0.05) is 20.8 Å². The molecule has 1 aromatic carbocycles. The number of benzene rings is 1. The SMILES string of the molecule is CN(CC(C)(C)C)c1ccc(C=O)c(Br)c1. The number of carbonyl (C=O) groups excluding carboxylic acids is 1. The van der Waals surface area contributed by atoms with Crippen LogP contribution in [0.5, 0.6) is 0 Å². The van der Waals surface area contributed by atoms with Gasteiger partial charge in [0, 0.05) is 29.3 Å². The first-order valence-electron chi connectivity index (χ1n) is 5.29. The van der Waals surface area contributed by atoms with Crippen LogP contribution in [0.2, 0.25) is 0 Å². The molecule has 0 radical (unpaired) electrons. The van der Waals surface area contributed by atoms with Gasteiger partial charge in [-0.15, -0.1) is 0 Å². The number of aldehydes is 1. The third-order valence-corrected chi connectivity index (χ3v) is 2.95. The number of hydrogen-bond donors (Lipinski definition) is 0. The maximum atomic E-state index is 10.7. The third-order valence-electron chi connectivity index (χ3n) is 2.26. The molecule has 3 heteroatoms. The zero-order valence-corrected chi connectivity index (χ0v) is 11.8. The number of hydrogen-bond acceptors (Lipinski definition) is 2. The van der Waals surface area contributed by atoms with Gasteiger partial charge in [-0.3, -0.25) is 4.79 Å². The van der Waals surface area contributed by atoms with Gasteiger partial charge in [-0.25, -0.2) is 0 Å². The lowest BCUT2D eigenvalue weighted by Crippen LogP contribution is -2.29.